The number of hydrogen-bond donors (Lipinski definition) is 3. The molecular weight excluding hydrogens is 390 g/mol. The van der Waals surface area contributed by atoms with E-state index in [9.17, 15) is 23.8 Å². The van der Waals surface area contributed by atoms with E-state index in [1.807, 2.05) is 6.92 Å². The average molecular weight is 429 g/mol. The van der Waals surface area contributed by atoms with E-state index in [4.69, 9.17) is 5.11 Å². The zero-order valence-corrected chi connectivity index (χ0v) is 18.5. The SMILES string of the molecule is C[C@H](CCC(=O)O)[C@H]1CCC2C3C(O)C[C@@H]4C[C@@H](O)C(F)(F)C[C@]4(C)C3CC[C@@]21C. The molecule has 10 atom stereocenters. The summed E-state index contributed by atoms with van der Waals surface area (Å²) in [6, 6.07) is 0. The van der Waals surface area contributed by atoms with Gasteiger partial charge in [-0.15, -0.1) is 0 Å². The van der Waals surface area contributed by atoms with Gasteiger partial charge in [-0.3, -0.25) is 4.79 Å². The lowest BCUT2D eigenvalue weighted by Gasteiger charge is -2.63. The van der Waals surface area contributed by atoms with E-state index >= 15 is 0 Å². The number of aliphatic carboxylic acids is 1. The van der Waals surface area contributed by atoms with Gasteiger partial charge in [0.1, 0.15) is 6.10 Å². The number of halogens is 2. The van der Waals surface area contributed by atoms with Crippen LogP contribution >= 0.6 is 0 Å². The van der Waals surface area contributed by atoms with Crippen LogP contribution in [-0.4, -0.2) is 39.4 Å². The van der Waals surface area contributed by atoms with E-state index in [-0.39, 0.29) is 42.4 Å². The molecular formula is C24H38F2O4. The zero-order chi connectivity index (χ0) is 22.1. The molecule has 0 bridgehead atoms. The Morgan fingerprint density at radius 2 is 1.73 bits per heavy atom. The van der Waals surface area contributed by atoms with Gasteiger partial charge >= 0.3 is 5.97 Å². The van der Waals surface area contributed by atoms with Gasteiger partial charge in [0.2, 0.25) is 0 Å². The number of hydrogen-bond acceptors (Lipinski definition) is 3. The largest absolute Gasteiger partial charge is 0.481 e. The summed E-state index contributed by atoms with van der Waals surface area (Å²) in [4.78, 5) is 11.0. The first kappa shape index (κ1) is 22.4. The van der Waals surface area contributed by atoms with Crippen molar-refractivity contribution in [3.63, 3.8) is 0 Å². The predicted octanol–water partition coefficient (Wildman–Crippen LogP) is 4.72. The van der Waals surface area contributed by atoms with E-state index in [0.29, 0.717) is 30.6 Å². The zero-order valence-electron chi connectivity index (χ0n) is 18.5. The summed E-state index contributed by atoms with van der Waals surface area (Å²) in [5, 5.41) is 30.2. The number of carboxylic acid groups (broad SMARTS) is 1. The summed E-state index contributed by atoms with van der Waals surface area (Å²) in [5.74, 6) is -2.72. The summed E-state index contributed by atoms with van der Waals surface area (Å²) in [6.45, 7) is 6.46. The smallest absolute Gasteiger partial charge is 0.303 e. The summed E-state index contributed by atoms with van der Waals surface area (Å²) in [7, 11) is 0. The standard InChI is InChI=1S/C24H38F2O4/c1-13(4-7-20(29)30)15-5-6-16-21-17(8-9-22(15,16)2)23(3)12-24(25,26)19(28)11-14(23)10-18(21)27/h13-19,21,27-28H,4-12H2,1-3H3,(H,29,30)/t13-,14-,15-,16?,17?,18?,19-,21?,22-,23+/m1/s1. The molecule has 0 amide bonds. The number of alkyl halides is 2. The highest BCUT2D eigenvalue weighted by Gasteiger charge is 2.66. The maximum atomic E-state index is 14.6. The Hall–Kier alpha value is -0.750. The Bertz CT molecular complexity index is 684. The first-order chi connectivity index (χ1) is 13.9. The van der Waals surface area contributed by atoms with Crippen LogP contribution in [0.2, 0.25) is 0 Å². The quantitative estimate of drug-likeness (QED) is 0.605. The number of carboxylic acids is 1. The number of carbonyl (C=O) groups is 1. The molecule has 0 aromatic carbocycles. The van der Waals surface area contributed by atoms with Crippen molar-refractivity contribution in [2.45, 2.75) is 96.7 Å². The van der Waals surface area contributed by atoms with Gasteiger partial charge in [-0.25, -0.2) is 8.78 Å². The molecule has 6 heteroatoms. The molecule has 0 aliphatic heterocycles. The van der Waals surface area contributed by atoms with Gasteiger partial charge in [0.25, 0.3) is 5.92 Å². The molecule has 4 saturated carbocycles. The molecule has 0 aromatic rings. The van der Waals surface area contributed by atoms with Crippen LogP contribution in [-0.2, 0) is 4.79 Å². The summed E-state index contributed by atoms with van der Waals surface area (Å²) in [6.07, 6.45) is 2.92. The lowest BCUT2D eigenvalue weighted by molar-refractivity contribution is -0.236. The Morgan fingerprint density at radius 3 is 2.40 bits per heavy atom. The monoisotopic (exact) mass is 428 g/mol. The van der Waals surface area contributed by atoms with Gasteiger partial charge in [0.05, 0.1) is 6.10 Å². The molecule has 4 rings (SSSR count). The molecule has 0 heterocycles. The molecule has 4 aliphatic carbocycles. The highest BCUT2D eigenvalue weighted by molar-refractivity contribution is 5.66. The number of aliphatic hydroxyl groups is 2. The van der Waals surface area contributed by atoms with Gasteiger partial charge in [0.15, 0.2) is 0 Å². The van der Waals surface area contributed by atoms with Crippen molar-refractivity contribution < 1.29 is 28.9 Å². The Balaban J connectivity index is 1.59. The third kappa shape index (κ3) is 3.32. The van der Waals surface area contributed by atoms with E-state index in [1.165, 1.54) is 0 Å². The fourth-order valence-corrected chi connectivity index (χ4v) is 8.76. The van der Waals surface area contributed by atoms with Gasteiger partial charge in [-0.2, -0.15) is 0 Å². The van der Waals surface area contributed by atoms with Crippen LogP contribution in [0.1, 0.15) is 78.6 Å². The summed E-state index contributed by atoms with van der Waals surface area (Å²) < 4.78 is 29.1. The van der Waals surface area contributed by atoms with E-state index < -0.39 is 29.5 Å². The second kappa shape index (κ2) is 7.40. The first-order valence-electron chi connectivity index (χ1n) is 11.9. The fourth-order valence-electron chi connectivity index (χ4n) is 8.76. The number of aliphatic hydroxyl groups excluding tert-OH is 2. The minimum atomic E-state index is -3.05. The molecule has 4 unspecified atom stereocenters. The molecule has 3 N–H and O–H groups in total. The second-order valence-corrected chi connectivity index (χ2v) is 11.6. The van der Waals surface area contributed by atoms with Crippen LogP contribution in [0.15, 0.2) is 0 Å². The Morgan fingerprint density at radius 1 is 1.07 bits per heavy atom. The Labute approximate surface area is 178 Å². The summed E-state index contributed by atoms with van der Waals surface area (Å²) in [5.41, 5.74) is -0.499. The maximum absolute atomic E-state index is 14.6. The molecule has 4 aliphatic rings. The number of rotatable bonds is 4. The topological polar surface area (TPSA) is 77.8 Å². The van der Waals surface area contributed by atoms with Crippen LogP contribution in [0.3, 0.4) is 0 Å². The Kier molecular flexibility index (Phi) is 5.53. The van der Waals surface area contributed by atoms with Crippen LogP contribution in [0.25, 0.3) is 0 Å². The molecule has 0 spiro atoms. The van der Waals surface area contributed by atoms with Gasteiger partial charge in [-0.1, -0.05) is 20.8 Å². The average Bonchev–Trinajstić information content (AvgIpc) is 2.99. The van der Waals surface area contributed by atoms with Crippen molar-refractivity contribution in [2.24, 2.45) is 46.3 Å². The van der Waals surface area contributed by atoms with Gasteiger partial charge in [0, 0.05) is 12.8 Å². The highest BCUT2D eigenvalue weighted by Crippen LogP contribution is 2.69. The predicted molar refractivity (Wildman–Crippen MR) is 109 cm³/mol. The normalized spacial score (nSPS) is 50.8. The third-order valence-corrected chi connectivity index (χ3v) is 10.3. The van der Waals surface area contributed by atoms with E-state index in [0.717, 1.165) is 25.7 Å². The van der Waals surface area contributed by atoms with E-state index in [1.54, 1.807) is 0 Å². The lowest BCUT2D eigenvalue weighted by atomic mass is 9.43. The van der Waals surface area contributed by atoms with Crippen molar-refractivity contribution in [2.75, 3.05) is 0 Å². The van der Waals surface area contributed by atoms with Crippen LogP contribution in [0.5, 0.6) is 0 Å². The fraction of sp³-hybridized carbons (Fsp3) is 0.958. The number of fused-ring (bicyclic) bond motifs is 5. The molecule has 0 radical (unpaired) electrons. The van der Waals surface area contributed by atoms with Gasteiger partial charge < -0.3 is 15.3 Å². The van der Waals surface area contributed by atoms with Crippen molar-refractivity contribution in [1.82, 2.24) is 0 Å². The minimum absolute atomic E-state index is 0.0349. The van der Waals surface area contributed by atoms with E-state index in [2.05, 4.69) is 13.8 Å². The molecule has 30 heavy (non-hydrogen) atoms. The van der Waals surface area contributed by atoms with Gasteiger partial charge in [-0.05, 0) is 91.3 Å². The van der Waals surface area contributed by atoms with Crippen molar-refractivity contribution >= 4 is 5.97 Å². The van der Waals surface area contributed by atoms with Crippen LogP contribution in [0, 0.1) is 46.3 Å². The second-order valence-electron chi connectivity index (χ2n) is 11.6. The maximum Gasteiger partial charge on any atom is 0.303 e. The van der Waals surface area contributed by atoms with Crippen molar-refractivity contribution in [3.05, 3.63) is 0 Å². The highest BCUT2D eigenvalue weighted by atomic mass is 19.3. The van der Waals surface area contributed by atoms with Crippen molar-refractivity contribution in [1.29, 1.82) is 0 Å². The lowest BCUT2D eigenvalue weighted by Crippen LogP contribution is -2.62. The minimum Gasteiger partial charge on any atom is -0.481 e. The molecule has 0 aromatic heterocycles. The third-order valence-electron chi connectivity index (χ3n) is 10.3. The van der Waals surface area contributed by atoms with Crippen molar-refractivity contribution in [3.8, 4) is 0 Å². The molecule has 172 valence electrons. The molecule has 0 saturated heterocycles. The first-order valence-corrected chi connectivity index (χ1v) is 11.9. The van der Waals surface area contributed by atoms with Crippen LogP contribution in [0.4, 0.5) is 8.78 Å². The van der Waals surface area contributed by atoms with Crippen LogP contribution < -0.4 is 0 Å². The molecule has 4 fully saturated rings. The summed E-state index contributed by atoms with van der Waals surface area (Å²) >= 11 is 0. The molecule has 4 nitrogen and oxygen atoms in total.